The summed E-state index contributed by atoms with van der Waals surface area (Å²) in [6.45, 7) is 10.4. The fourth-order valence-corrected chi connectivity index (χ4v) is 1.80. The molecule has 0 aliphatic heterocycles. The summed E-state index contributed by atoms with van der Waals surface area (Å²) in [6.07, 6.45) is -0.120. The molecule has 0 heterocycles. The van der Waals surface area contributed by atoms with Gasteiger partial charge in [0.25, 0.3) is 0 Å². The van der Waals surface area contributed by atoms with Gasteiger partial charge in [-0.15, -0.1) is 0 Å². The Morgan fingerprint density at radius 1 is 1.00 bits per heavy atom. The minimum atomic E-state index is -1.02. The van der Waals surface area contributed by atoms with Gasteiger partial charge in [-0.05, 0) is 65.2 Å². The largest absolute Gasteiger partial charge is 0.514 e. The second kappa shape index (κ2) is 9.54. The molecule has 0 bridgehead atoms. The molecule has 1 aromatic rings. The average Bonchev–Trinajstić information content (AvgIpc) is 2.59. The lowest BCUT2D eigenvalue weighted by Gasteiger charge is -2.19. The van der Waals surface area contributed by atoms with Crippen LogP contribution < -0.4 is 10.5 Å². The number of carbonyl (C=O) groups is 3. The van der Waals surface area contributed by atoms with Crippen molar-refractivity contribution in [3.05, 3.63) is 29.8 Å². The molecular formula is C20H29NO7. The topological polar surface area (TPSA) is 114 Å². The van der Waals surface area contributed by atoms with Crippen LogP contribution >= 0.6 is 0 Å². The highest BCUT2D eigenvalue weighted by molar-refractivity contribution is 5.79. The van der Waals surface area contributed by atoms with Crippen LogP contribution in [-0.4, -0.2) is 29.7 Å². The zero-order valence-electron chi connectivity index (χ0n) is 17.2. The van der Waals surface area contributed by atoms with Crippen LogP contribution in [0.4, 0.5) is 4.79 Å². The molecule has 8 heteroatoms. The van der Waals surface area contributed by atoms with Crippen LogP contribution in [0.5, 0.6) is 5.75 Å². The number of nitrogens with two attached hydrogens (primary N) is 1. The van der Waals surface area contributed by atoms with E-state index in [1.807, 2.05) is 6.92 Å². The van der Waals surface area contributed by atoms with Crippen LogP contribution in [0.3, 0.4) is 0 Å². The number of hydrogen-bond donors (Lipinski definition) is 1. The Bertz CT molecular complexity index is 690. The van der Waals surface area contributed by atoms with E-state index in [0.29, 0.717) is 17.7 Å². The summed E-state index contributed by atoms with van der Waals surface area (Å²) in [4.78, 5) is 44.5. The molecule has 156 valence electrons. The molecule has 1 atom stereocenters. The SMILES string of the molecule is CCC(C)(C)C(=O)OOC(=O)C(N)Cc1ccc(OC(=O)OC(C)(C)C)cc1. The summed E-state index contributed by atoms with van der Waals surface area (Å²) in [7, 11) is 0. The van der Waals surface area contributed by atoms with Crippen molar-refractivity contribution in [2.45, 2.75) is 66.0 Å². The molecule has 0 aliphatic carbocycles. The number of carbonyl (C=O) groups excluding carboxylic acids is 3. The summed E-state index contributed by atoms with van der Waals surface area (Å²) < 4.78 is 10.1. The second-order valence-corrected chi connectivity index (χ2v) is 8.03. The molecule has 1 rings (SSSR count). The lowest BCUT2D eigenvalue weighted by molar-refractivity contribution is -0.266. The molecule has 0 saturated carbocycles. The zero-order valence-corrected chi connectivity index (χ0v) is 17.2. The summed E-state index contributed by atoms with van der Waals surface area (Å²) >= 11 is 0. The smallest absolute Gasteiger partial charge is 0.428 e. The van der Waals surface area contributed by atoms with Crippen LogP contribution in [0, 0.1) is 5.41 Å². The normalized spacial score (nSPS) is 12.7. The van der Waals surface area contributed by atoms with Gasteiger partial charge in [-0.3, -0.25) is 0 Å². The van der Waals surface area contributed by atoms with Crippen LogP contribution in [0.2, 0.25) is 0 Å². The van der Waals surface area contributed by atoms with E-state index in [1.165, 1.54) is 0 Å². The second-order valence-electron chi connectivity index (χ2n) is 8.03. The van der Waals surface area contributed by atoms with E-state index >= 15 is 0 Å². The third kappa shape index (κ3) is 7.96. The van der Waals surface area contributed by atoms with Crippen molar-refractivity contribution < 1.29 is 33.6 Å². The first-order valence-corrected chi connectivity index (χ1v) is 9.02. The molecule has 0 aromatic heterocycles. The molecule has 0 saturated heterocycles. The molecular weight excluding hydrogens is 366 g/mol. The van der Waals surface area contributed by atoms with Gasteiger partial charge < -0.3 is 15.2 Å². The molecule has 0 amide bonds. The summed E-state index contributed by atoms with van der Waals surface area (Å²) in [5.74, 6) is -1.20. The number of ether oxygens (including phenoxy) is 2. The Labute approximate surface area is 165 Å². The number of hydrogen-bond acceptors (Lipinski definition) is 8. The Morgan fingerprint density at radius 3 is 2.07 bits per heavy atom. The standard InChI is InChI=1S/C20H29NO7/c1-7-20(5,6)17(23)28-27-16(22)15(21)12-13-8-10-14(11-9-13)25-18(24)26-19(2,3)4/h8-11,15H,7,12,21H2,1-6H3. The number of rotatable bonds is 6. The predicted octanol–water partition coefficient (Wildman–Crippen LogP) is 3.31. The van der Waals surface area contributed by atoms with Crippen molar-refractivity contribution >= 4 is 18.1 Å². The Morgan fingerprint density at radius 2 is 1.57 bits per heavy atom. The van der Waals surface area contributed by atoms with Crippen LogP contribution in [-0.2, 0) is 30.5 Å². The van der Waals surface area contributed by atoms with Gasteiger partial charge in [0.05, 0.1) is 5.41 Å². The minimum Gasteiger partial charge on any atom is -0.428 e. The van der Waals surface area contributed by atoms with Gasteiger partial charge in [0.2, 0.25) is 0 Å². The lowest BCUT2D eigenvalue weighted by atomic mass is 9.91. The monoisotopic (exact) mass is 395 g/mol. The van der Waals surface area contributed by atoms with Gasteiger partial charge in [0.1, 0.15) is 17.4 Å². The Kier molecular flexibility index (Phi) is 7.99. The van der Waals surface area contributed by atoms with Crippen LogP contribution in [0.1, 0.15) is 53.5 Å². The molecule has 1 aromatic carbocycles. The van der Waals surface area contributed by atoms with E-state index in [-0.39, 0.29) is 6.42 Å². The average molecular weight is 395 g/mol. The molecule has 8 nitrogen and oxygen atoms in total. The zero-order chi connectivity index (χ0) is 21.5. The van der Waals surface area contributed by atoms with Gasteiger partial charge >= 0.3 is 18.1 Å². The van der Waals surface area contributed by atoms with Crippen molar-refractivity contribution in [1.82, 2.24) is 0 Å². The van der Waals surface area contributed by atoms with Crippen molar-refractivity contribution in [3.8, 4) is 5.75 Å². The van der Waals surface area contributed by atoms with E-state index in [0.717, 1.165) is 0 Å². The number of benzene rings is 1. The first kappa shape index (κ1) is 23.4. The van der Waals surface area contributed by atoms with E-state index in [9.17, 15) is 14.4 Å². The summed E-state index contributed by atoms with van der Waals surface area (Å²) in [5, 5.41) is 0. The fraction of sp³-hybridized carbons (Fsp3) is 0.550. The molecule has 0 radical (unpaired) electrons. The highest BCUT2D eigenvalue weighted by atomic mass is 17.2. The molecule has 0 spiro atoms. The van der Waals surface area contributed by atoms with E-state index < -0.39 is 35.2 Å². The van der Waals surface area contributed by atoms with Crippen LogP contribution in [0.15, 0.2) is 24.3 Å². The van der Waals surface area contributed by atoms with Gasteiger partial charge in [-0.2, -0.15) is 0 Å². The van der Waals surface area contributed by atoms with E-state index in [2.05, 4.69) is 9.78 Å². The maximum Gasteiger partial charge on any atom is 0.514 e. The van der Waals surface area contributed by atoms with Gasteiger partial charge in [0, 0.05) is 0 Å². The van der Waals surface area contributed by atoms with E-state index in [4.69, 9.17) is 15.2 Å². The van der Waals surface area contributed by atoms with Crippen molar-refractivity contribution in [1.29, 1.82) is 0 Å². The molecule has 1 unspecified atom stereocenters. The first-order valence-electron chi connectivity index (χ1n) is 9.02. The predicted molar refractivity (Wildman–Crippen MR) is 101 cm³/mol. The molecule has 0 aliphatic rings. The lowest BCUT2D eigenvalue weighted by Crippen LogP contribution is -2.36. The van der Waals surface area contributed by atoms with Crippen molar-refractivity contribution in [2.75, 3.05) is 0 Å². The highest BCUT2D eigenvalue weighted by Gasteiger charge is 2.30. The minimum absolute atomic E-state index is 0.153. The molecule has 2 N–H and O–H groups in total. The highest BCUT2D eigenvalue weighted by Crippen LogP contribution is 2.21. The maximum atomic E-state index is 11.9. The maximum absolute atomic E-state index is 11.9. The van der Waals surface area contributed by atoms with E-state index in [1.54, 1.807) is 58.9 Å². The summed E-state index contributed by atoms with van der Waals surface area (Å²) in [6, 6.07) is 5.40. The Balaban J connectivity index is 2.53. The molecule has 0 fully saturated rings. The Hall–Kier alpha value is -2.61. The van der Waals surface area contributed by atoms with Gasteiger partial charge in [-0.25, -0.2) is 24.2 Å². The third-order valence-corrected chi connectivity index (χ3v) is 3.91. The summed E-state index contributed by atoms with van der Waals surface area (Å²) in [5.41, 5.74) is 5.10. The fourth-order valence-electron chi connectivity index (χ4n) is 1.80. The van der Waals surface area contributed by atoms with Crippen molar-refractivity contribution in [3.63, 3.8) is 0 Å². The molecule has 28 heavy (non-hydrogen) atoms. The van der Waals surface area contributed by atoms with Gasteiger partial charge in [-0.1, -0.05) is 19.1 Å². The van der Waals surface area contributed by atoms with Crippen molar-refractivity contribution in [2.24, 2.45) is 11.1 Å². The third-order valence-electron chi connectivity index (χ3n) is 3.91. The van der Waals surface area contributed by atoms with Gasteiger partial charge in [0.15, 0.2) is 0 Å². The quantitative estimate of drug-likeness (QED) is 0.338. The van der Waals surface area contributed by atoms with Crippen LogP contribution in [0.25, 0.3) is 0 Å². The first-order chi connectivity index (χ1) is 12.8.